The van der Waals surface area contributed by atoms with Gasteiger partial charge in [-0.15, -0.1) is 0 Å². The number of H-pyrrole nitrogens is 1. The lowest BCUT2D eigenvalue weighted by Crippen LogP contribution is -2.16. The van der Waals surface area contributed by atoms with Crippen molar-refractivity contribution in [2.24, 2.45) is 0 Å². The number of imidazole rings is 1. The Balaban J connectivity index is 1.41. The van der Waals surface area contributed by atoms with Gasteiger partial charge in [0.25, 0.3) is 5.56 Å². The van der Waals surface area contributed by atoms with Crippen molar-refractivity contribution < 1.29 is 50.8 Å². The highest BCUT2D eigenvalue weighted by molar-refractivity contribution is 7.66. The number of hydrogen-bond acceptors (Lipinski definition) is 11. The van der Waals surface area contributed by atoms with E-state index in [4.69, 9.17) is 9.63 Å². The third-order valence-electron chi connectivity index (χ3n) is 4.80. The number of benzene rings is 1. The summed E-state index contributed by atoms with van der Waals surface area (Å²) in [5.41, 5.74) is 1.36. The monoisotopic (exact) mass is 540 g/mol. The number of nitrogens with zero attached hydrogens (tertiary/aromatic N) is 3. The van der Waals surface area contributed by atoms with Crippen molar-refractivity contribution in [2.45, 2.75) is 25.2 Å². The zero-order valence-electron chi connectivity index (χ0n) is 17.3. The number of rotatable bonds is 9. The first kappa shape index (κ1) is 25.3. The molecule has 1 saturated heterocycles. The van der Waals surface area contributed by atoms with Crippen LogP contribution >= 0.6 is 23.5 Å². The molecule has 0 amide bonds. The molecule has 0 aliphatic carbocycles. The minimum absolute atomic E-state index is 0.298. The molecular weight excluding hydrogens is 521 g/mol. The van der Waals surface area contributed by atoms with Gasteiger partial charge >= 0.3 is 23.5 Å². The zero-order valence-corrected chi connectivity index (χ0v) is 20.0. The summed E-state index contributed by atoms with van der Waals surface area (Å²) < 4.78 is 58.9. The molecule has 19 heteroatoms. The second-order valence-corrected chi connectivity index (χ2v) is 11.8. The van der Waals surface area contributed by atoms with Crippen LogP contribution in [0, 0.1) is 0 Å². The number of fused-ring (bicyclic) bond motifs is 2. The number of aromatic nitrogens is 4. The van der Waals surface area contributed by atoms with Gasteiger partial charge in [0.15, 0.2) is 0 Å². The van der Waals surface area contributed by atoms with E-state index in [1.54, 1.807) is 16.7 Å². The van der Waals surface area contributed by atoms with Crippen LogP contribution in [0.25, 0.3) is 21.9 Å². The van der Waals surface area contributed by atoms with Crippen molar-refractivity contribution in [3.63, 3.8) is 0 Å². The highest BCUT2D eigenvalue weighted by atomic mass is 31.3. The van der Waals surface area contributed by atoms with Crippen LogP contribution in [0.3, 0.4) is 0 Å². The molecule has 4 N–H and O–H groups in total. The van der Waals surface area contributed by atoms with Crippen LogP contribution in [-0.4, -0.2) is 54.0 Å². The summed E-state index contributed by atoms with van der Waals surface area (Å²) in [7, 11) is -14.9. The molecule has 1 aliphatic heterocycles. The number of aromatic amines is 1. The number of phosphoric ester groups is 2. The van der Waals surface area contributed by atoms with E-state index in [0.29, 0.717) is 41.9 Å². The topological polar surface area (TPSA) is 222 Å². The predicted molar refractivity (Wildman–Crippen MR) is 113 cm³/mol. The molecule has 4 rings (SSSR count). The average molecular weight is 540 g/mol. The smallest absolute Gasteiger partial charge is 0.352 e. The Kier molecular flexibility index (Phi) is 6.95. The summed E-state index contributed by atoms with van der Waals surface area (Å²) in [6.07, 6.45) is 2.45. The first-order valence-corrected chi connectivity index (χ1v) is 14.0. The van der Waals surface area contributed by atoms with Crippen LogP contribution in [0.5, 0.6) is 0 Å². The predicted octanol–water partition coefficient (Wildman–Crippen LogP) is 1.95. The van der Waals surface area contributed by atoms with Gasteiger partial charge in [-0.05, 0) is 25.0 Å². The van der Waals surface area contributed by atoms with Crippen molar-refractivity contribution >= 4 is 45.4 Å². The third kappa shape index (κ3) is 5.70. The van der Waals surface area contributed by atoms with Gasteiger partial charge in [0.05, 0.1) is 47.3 Å². The van der Waals surface area contributed by atoms with E-state index in [1.807, 2.05) is 0 Å². The van der Waals surface area contributed by atoms with Gasteiger partial charge in [-0.1, -0.05) is 0 Å². The van der Waals surface area contributed by atoms with Crippen LogP contribution in [0.1, 0.15) is 19.1 Å². The molecule has 3 aromatic rings. The Labute approximate surface area is 190 Å². The van der Waals surface area contributed by atoms with Crippen LogP contribution in [0.2, 0.25) is 0 Å². The maximum atomic E-state index is 12.0. The van der Waals surface area contributed by atoms with Crippen molar-refractivity contribution in [1.82, 2.24) is 19.5 Å². The van der Waals surface area contributed by atoms with Crippen molar-refractivity contribution in [1.29, 1.82) is 0 Å². The Bertz CT molecular complexity index is 1420. The molecule has 1 fully saturated rings. The molecule has 0 radical (unpaired) electrons. The van der Waals surface area contributed by atoms with Gasteiger partial charge in [-0.25, -0.2) is 23.7 Å². The number of hydrogen-bond donors (Lipinski definition) is 4. The summed E-state index contributed by atoms with van der Waals surface area (Å²) >= 11 is 0. The van der Waals surface area contributed by atoms with Gasteiger partial charge in [-0.3, -0.25) is 13.8 Å². The standard InChI is InChI=1S/C15H19N4O12P3/c1-27-32(21,22)30-34(25,26)31-33(23,24)28-6-9-2-3-14(29-9)19-8-18-12-4-10-11(5-13(12)19)16-7-17-15(10)20/h4-5,7-9,14H,2-3,6H2,1H3,(H,21,22)(H,23,24)(H,25,26)(H,16,17,20). The molecule has 1 aliphatic rings. The van der Waals surface area contributed by atoms with Gasteiger partial charge in [-0.2, -0.15) is 8.62 Å². The maximum Gasteiger partial charge on any atom is 0.490 e. The minimum Gasteiger partial charge on any atom is -0.352 e. The highest BCUT2D eigenvalue weighted by Crippen LogP contribution is 2.67. The SMILES string of the molecule is COP(=O)(O)OP(=O)(O)OP(=O)(O)OCC1CCC(n2cnc3cc4c(=O)[nH]cnc4cc32)O1. The van der Waals surface area contributed by atoms with Gasteiger partial charge in [0, 0.05) is 7.11 Å². The van der Waals surface area contributed by atoms with Crippen LogP contribution < -0.4 is 5.56 Å². The Hall–Kier alpha value is -1.80. The fraction of sp³-hybridized carbons (Fsp3) is 0.400. The summed E-state index contributed by atoms with van der Waals surface area (Å²) in [6, 6.07) is 3.29. The fourth-order valence-electron chi connectivity index (χ4n) is 3.34. The van der Waals surface area contributed by atoms with Gasteiger partial charge < -0.3 is 29.0 Å². The van der Waals surface area contributed by atoms with Crippen LogP contribution in [0.15, 0.2) is 29.6 Å². The third-order valence-corrected chi connectivity index (χ3v) is 9.04. The molecule has 3 heterocycles. The summed E-state index contributed by atoms with van der Waals surface area (Å²) in [5, 5.41) is 0.380. The van der Waals surface area contributed by atoms with Crippen molar-refractivity contribution in [3.05, 3.63) is 35.1 Å². The second-order valence-electron chi connectivity index (χ2n) is 7.08. The van der Waals surface area contributed by atoms with E-state index in [-0.39, 0.29) is 5.56 Å². The Morgan fingerprint density at radius 3 is 2.56 bits per heavy atom. The van der Waals surface area contributed by atoms with Crippen molar-refractivity contribution in [2.75, 3.05) is 13.7 Å². The van der Waals surface area contributed by atoms with E-state index in [0.717, 1.165) is 0 Å². The maximum absolute atomic E-state index is 12.0. The number of phosphoric acid groups is 3. The lowest BCUT2D eigenvalue weighted by atomic mass is 10.2. The summed E-state index contributed by atoms with van der Waals surface area (Å²) in [5.74, 6) is 0. The van der Waals surface area contributed by atoms with Crippen LogP contribution in [-0.2, 0) is 36.1 Å². The number of nitrogens with one attached hydrogen (secondary N) is 1. The molecule has 5 atom stereocenters. The van der Waals surface area contributed by atoms with Crippen LogP contribution in [0.4, 0.5) is 0 Å². The first-order chi connectivity index (χ1) is 15.9. The molecule has 1 aromatic carbocycles. The second kappa shape index (κ2) is 9.34. The van der Waals surface area contributed by atoms with E-state index in [9.17, 15) is 28.3 Å². The largest absolute Gasteiger partial charge is 0.490 e. The minimum atomic E-state index is -5.48. The first-order valence-electron chi connectivity index (χ1n) is 9.49. The molecule has 16 nitrogen and oxygen atoms in total. The quantitative estimate of drug-likeness (QED) is 0.285. The lowest BCUT2D eigenvalue weighted by Gasteiger charge is -2.19. The fourth-order valence-corrected chi connectivity index (χ4v) is 6.63. The molecule has 5 unspecified atom stereocenters. The molecule has 34 heavy (non-hydrogen) atoms. The van der Waals surface area contributed by atoms with E-state index in [1.165, 1.54) is 12.7 Å². The molecule has 186 valence electrons. The molecule has 0 bridgehead atoms. The Morgan fingerprint density at radius 1 is 1.09 bits per heavy atom. The molecular formula is C15H19N4O12P3. The molecule has 0 saturated carbocycles. The summed E-state index contributed by atoms with van der Waals surface area (Å²) in [4.78, 5) is 51.0. The lowest BCUT2D eigenvalue weighted by molar-refractivity contribution is -0.0202. The van der Waals surface area contributed by atoms with E-state index >= 15 is 0 Å². The van der Waals surface area contributed by atoms with Gasteiger partial charge in [0.1, 0.15) is 6.23 Å². The van der Waals surface area contributed by atoms with Crippen molar-refractivity contribution in [3.8, 4) is 0 Å². The zero-order chi connectivity index (χ0) is 24.7. The molecule has 2 aromatic heterocycles. The normalized spacial score (nSPS) is 24.1. The van der Waals surface area contributed by atoms with E-state index in [2.05, 4.69) is 32.6 Å². The Morgan fingerprint density at radius 2 is 1.82 bits per heavy atom. The highest BCUT2D eigenvalue weighted by Gasteiger charge is 2.42. The number of ether oxygens (including phenoxy) is 1. The van der Waals surface area contributed by atoms with E-state index < -0.39 is 42.4 Å². The summed E-state index contributed by atoms with van der Waals surface area (Å²) in [6.45, 7) is -0.502. The van der Waals surface area contributed by atoms with Gasteiger partial charge in [0.2, 0.25) is 0 Å². The average Bonchev–Trinajstić information content (AvgIpc) is 3.36. The molecule has 0 spiro atoms.